The zero-order valence-electron chi connectivity index (χ0n) is 18.2. The SMILES string of the molecule is CCCCN1CCC(NC(=O)c2cccc(OCc3ccnc4ccccc34)c2)CC1. The molecule has 0 bridgehead atoms. The second-order valence-corrected chi connectivity index (χ2v) is 8.25. The van der Waals surface area contributed by atoms with Gasteiger partial charge in [0, 0.05) is 41.8 Å². The molecule has 1 N–H and O–H groups in total. The standard InChI is InChI=1S/C26H31N3O2/c1-2-3-15-29-16-12-22(13-17-29)28-26(30)20-7-6-8-23(18-20)31-19-21-11-14-27-25-10-5-4-9-24(21)25/h4-11,14,18,22H,2-3,12-13,15-17,19H2,1H3,(H,28,30). The monoisotopic (exact) mass is 417 g/mol. The molecule has 0 spiro atoms. The lowest BCUT2D eigenvalue weighted by molar-refractivity contribution is 0.0910. The lowest BCUT2D eigenvalue weighted by atomic mass is 10.0. The Bertz CT molecular complexity index is 1010. The average Bonchev–Trinajstić information content (AvgIpc) is 2.82. The third-order valence-electron chi connectivity index (χ3n) is 5.98. The van der Waals surface area contributed by atoms with Crippen LogP contribution in [0.5, 0.6) is 5.75 Å². The van der Waals surface area contributed by atoms with Crippen molar-refractivity contribution in [3.63, 3.8) is 0 Å². The molecule has 3 aromatic rings. The predicted octanol–water partition coefficient (Wildman–Crippen LogP) is 4.81. The van der Waals surface area contributed by atoms with Gasteiger partial charge in [-0.05, 0) is 56.1 Å². The minimum Gasteiger partial charge on any atom is -0.489 e. The predicted molar refractivity (Wildman–Crippen MR) is 124 cm³/mol. The van der Waals surface area contributed by atoms with Crippen LogP contribution < -0.4 is 10.1 Å². The summed E-state index contributed by atoms with van der Waals surface area (Å²) in [6, 6.07) is 17.7. The van der Waals surface area contributed by atoms with Crippen molar-refractivity contribution in [1.82, 2.24) is 15.2 Å². The fourth-order valence-corrected chi connectivity index (χ4v) is 4.12. The number of carbonyl (C=O) groups excluding carboxylic acids is 1. The summed E-state index contributed by atoms with van der Waals surface area (Å²) in [5, 5.41) is 4.29. The Balaban J connectivity index is 1.33. The number of nitrogens with one attached hydrogen (secondary N) is 1. The van der Waals surface area contributed by atoms with E-state index in [2.05, 4.69) is 28.2 Å². The van der Waals surface area contributed by atoms with Crippen LogP contribution in [0, 0.1) is 0 Å². The lowest BCUT2D eigenvalue weighted by Crippen LogP contribution is -2.44. The molecule has 1 aliphatic rings. The van der Waals surface area contributed by atoms with Crippen molar-refractivity contribution in [1.29, 1.82) is 0 Å². The number of rotatable bonds is 8. The van der Waals surface area contributed by atoms with E-state index >= 15 is 0 Å². The summed E-state index contributed by atoms with van der Waals surface area (Å²) in [4.78, 5) is 19.7. The maximum absolute atomic E-state index is 12.8. The van der Waals surface area contributed by atoms with Crippen molar-refractivity contribution in [2.45, 2.75) is 45.3 Å². The van der Waals surface area contributed by atoms with Crippen LogP contribution in [0.15, 0.2) is 60.8 Å². The van der Waals surface area contributed by atoms with Gasteiger partial charge in [0.2, 0.25) is 0 Å². The van der Waals surface area contributed by atoms with Crippen molar-refractivity contribution >= 4 is 16.8 Å². The Morgan fingerprint density at radius 2 is 1.97 bits per heavy atom. The summed E-state index contributed by atoms with van der Waals surface area (Å²) in [5.74, 6) is 0.676. The van der Waals surface area contributed by atoms with Crippen LogP contribution >= 0.6 is 0 Å². The average molecular weight is 418 g/mol. The maximum atomic E-state index is 12.8. The van der Waals surface area contributed by atoms with E-state index in [1.807, 2.05) is 48.5 Å². The summed E-state index contributed by atoms with van der Waals surface area (Å²) in [5.41, 5.74) is 2.68. The normalized spacial score (nSPS) is 15.1. The number of unbranched alkanes of at least 4 members (excludes halogenated alkanes) is 1. The molecule has 1 saturated heterocycles. The van der Waals surface area contributed by atoms with Crippen molar-refractivity contribution < 1.29 is 9.53 Å². The van der Waals surface area contributed by atoms with E-state index in [1.54, 1.807) is 6.20 Å². The van der Waals surface area contributed by atoms with Gasteiger partial charge in [0.15, 0.2) is 0 Å². The van der Waals surface area contributed by atoms with Crippen LogP contribution in [0.4, 0.5) is 0 Å². The summed E-state index contributed by atoms with van der Waals surface area (Å²) >= 11 is 0. The number of ether oxygens (including phenoxy) is 1. The molecular weight excluding hydrogens is 386 g/mol. The summed E-state index contributed by atoms with van der Waals surface area (Å²) in [6.45, 7) is 5.96. The topological polar surface area (TPSA) is 54.5 Å². The Kier molecular flexibility index (Phi) is 7.15. The maximum Gasteiger partial charge on any atom is 0.251 e. The van der Waals surface area contributed by atoms with Gasteiger partial charge in [-0.25, -0.2) is 0 Å². The number of hydrogen-bond donors (Lipinski definition) is 1. The number of hydrogen-bond acceptors (Lipinski definition) is 4. The summed E-state index contributed by atoms with van der Waals surface area (Å²) in [6.07, 6.45) is 6.31. The molecule has 0 atom stereocenters. The van der Waals surface area contributed by atoms with Crippen molar-refractivity contribution in [3.8, 4) is 5.75 Å². The van der Waals surface area contributed by atoms with Crippen LogP contribution in [0.25, 0.3) is 10.9 Å². The minimum atomic E-state index is -0.0215. The summed E-state index contributed by atoms with van der Waals surface area (Å²) in [7, 11) is 0. The molecule has 0 aliphatic carbocycles. The van der Waals surface area contributed by atoms with Crippen LogP contribution in [0.1, 0.15) is 48.5 Å². The van der Waals surface area contributed by atoms with Crippen LogP contribution in [0.3, 0.4) is 0 Å². The molecule has 2 aromatic carbocycles. The first kappa shape index (κ1) is 21.3. The quantitative estimate of drug-likeness (QED) is 0.572. The number of amides is 1. The highest BCUT2D eigenvalue weighted by molar-refractivity contribution is 5.94. The molecule has 0 radical (unpaired) electrons. The van der Waals surface area contributed by atoms with Gasteiger partial charge in [0.05, 0.1) is 5.52 Å². The zero-order chi connectivity index (χ0) is 21.5. The number of likely N-dealkylation sites (tertiary alicyclic amines) is 1. The molecule has 1 aromatic heterocycles. The van der Waals surface area contributed by atoms with Gasteiger partial charge < -0.3 is 15.0 Å². The highest BCUT2D eigenvalue weighted by Gasteiger charge is 2.21. The fourth-order valence-electron chi connectivity index (χ4n) is 4.12. The van der Waals surface area contributed by atoms with E-state index in [0.29, 0.717) is 17.9 Å². The number of carbonyl (C=O) groups is 1. The van der Waals surface area contributed by atoms with E-state index in [4.69, 9.17) is 4.74 Å². The molecular formula is C26H31N3O2. The molecule has 5 nitrogen and oxygen atoms in total. The number of fused-ring (bicyclic) bond motifs is 1. The van der Waals surface area contributed by atoms with Gasteiger partial charge in [-0.15, -0.1) is 0 Å². The van der Waals surface area contributed by atoms with Gasteiger partial charge >= 0.3 is 0 Å². The second kappa shape index (κ2) is 10.4. The first-order valence-corrected chi connectivity index (χ1v) is 11.3. The Labute approximate surface area is 184 Å². The summed E-state index contributed by atoms with van der Waals surface area (Å²) < 4.78 is 6.02. The second-order valence-electron chi connectivity index (χ2n) is 8.25. The minimum absolute atomic E-state index is 0.0215. The van der Waals surface area contributed by atoms with Gasteiger partial charge in [-0.3, -0.25) is 9.78 Å². The van der Waals surface area contributed by atoms with Crippen molar-refractivity contribution in [2.24, 2.45) is 0 Å². The van der Waals surface area contributed by atoms with E-state index in [1.165, 1.54) is 19.4 Å². The Morgan fingerprint density at radius 1 is 1.13 bits per heavy atom. The lowest BCUT2D eigenvalue weighted by Gasteiger charge is -2.32. The molecule has 1 fully saturated rings. The number of piperidine rings is 1. The number of pyridine rings is 1. The van der Waals surface area contributed by atoms with Gasteiger partial charge in [-0.1, -0.05) is 37.6 Å². The van der Waals surface area contributed by atoms with E-state index in [-0.39, 0.29) is 11.9 Å². The first-order chi connectivity index (χ1) is 15.2. The molecule has 0 saturated carbocycles. The molecule has 1 amide bonds. The Hall–Kier alpha value is -2.92. The number of nitrogens with zero attached hydrogens (tertiary/aromatic N) is 2. The molecule has 4 rings (SSSR count). The molecule has 2 heterocycles. The van der Waals surface area contributed by atoms with Crippen LogP contribution in [-0.2, 0) is 6.61 Å². The van der Waals surface area contributed by atoms with E-state index in [9.17, 15) is 4.79 Å². The molecule has 0 unspecified atom stereocenters. The third-order valence-corrected chi connectivity index (χ3v) is 5.98. The van der Waals surface area contributed by atoms with Gasteiger partial charge in [0.25, 0.3) is 5.91 Å². The van der Waals surface area contributed by atoms with E-state index < -0.39 is 0 Å². The molecule has 162 valence electrons. The molecule has 31 heavy (non-hydrogen) atoms. The smallest absolute Gasteiger partial charge is 0.251 e. The largest absolute Gasteiger partial charge is 0.489 e. The number of aromatic nitrogens is 1. The van der Waals surface area contributed by atoms with E-state index in [0.717, 1.165) is 42.4 Å². The van der Waals surface area contributed by atoms with Crippen LogP contribution in [-0.4, -0.2) is 41.5 Å². The fraction of sp³-hybridized carbons (Fsp3) is 0.385. The van der Waals surface area contributed by atoms with Gasteiger partial charge in [0.1, 0.15) is 12.4 Å². The first-order valence-electron chi connectivity index (χ1n) is 11.3. The third kappa shape index (κ3) is 5.61. The van der Waals surface area contributed by atoms with Crippen molar-refractivity contribution in [2.75, 3.05) is 19.6 Å². The zero-order valence-corrected chi connectivity index (χ0v) is 18.2. The molecule has 1 aliphatic heterocycles. The molecule has 5 heteroatoms. The number of benzene rings is 2. The van der Waals surface area contributed by atoms with Gasteiger partial charge in [-0.2, -0.15) is 0 Å². The highest BCUT2D eigenvalue weighted by Crippen LogP contribution is 2.20. The van der Waals surface area contributed by atoms with Crippen LogP contribution in [0.2, 0.25) is 0 Å². The number of para-hydroxylation sites is 1. The highest BCUT2D eigenvalue weighted by atomic mass is 16.5. The Morgan fingerprint density at radius 3 is 2.81 bits per heavy atom. The van der Waals surface area contributed by atoms with Crippen molar-refractivity contribution in [3.05, 3.63) is 71.9 Å².